The summed E-state index contributed by atoms with van der Waals surface area (Å²) < 4.78 is 4.52. The van der Waals surface area contributed by atoms with E-state index >= 15 is 0 Å². The van der Waals surface area contributed by atoms with Gasteiger partial charge in [-0.25, -0.2) is 4.79 Å². The van der Waals surface area contributed by atoms with E-state index in [1.54, 1.807) is 6.92 Å². The lowest BCUT2D eigenvalue weighted by Gasteiger charge is -2.22. The van der Waals surface area contributed by atoms with Crippen molar-refractivity contribution in [2.45, 2.75) is 26.2 Å². The summed E-state index contributed by atoms with van der Waals surface area (Å²) in [5, 5.41) is 11.8. The van der Waals surface area contributed by atoms with Crippen LogP contribution in [0.15, 0.2) is 0 Å². The molecule has 0 aliphatic heterocycles. The van der Waals surface area contributed by atoms with Gasteiger partial charge in [-0.1, -0.05) is 6.42 Å². The molecule has 1 saturated carbocycles. The Balaban J connectivity index is 2.44. The van der Waals surface area contributed by atoms with Gasteiger partial charge in [-0.15, -0.1) is 0 Å². The zero-order valence-electron chi connectivity index (χ0n) is 11.9. The molecule has 0 aromatic rings. The molecule has 7 heteroatoms. The van der Waals surface area contributed by atoms with Crippen LogP contribution < -0.4 is 5.32 Å². The van der Waals surface area contributed by atoms with Crippen LogP contribution in [0.3, 0.4) is 0 Å². The van der Waals surface area contributed by atoms with Gasteiger partial charge in [-0.3, -0.25) is 9.59 Å². The van der Waals surface area contributed by atoms with E-state index in [2.05, 4.69) is 10.1 Å². The highest BCUT2D eigenvalue weighted by atomic mass is 16.5. The molecule has 7 nitrogen and oxygen atoms in total. The Labute approximate surface area is 118 Å². The number of carbonyl (C=O) groups is 3. The van der Waals surface area contributed by atoms with Crippen molar-refractivity contribution in [2.75, 3.05) is 26.7 Å². The quantitative estimate of drug-likeness (QED) is 0.700. The maximum Gasteiger partial charge on any atom is 0.325 e. The Morgan fingerprint density at radius 2 is 2.05 bits per heavy atom. The fraction of sp³-hybridized carbons (Fsp3) is 0.769. The van der Waals surface area contributed by atoms with Crippen molar-refractivity contribution in [3.63, 3.8) is 0 Å². The molecule has 0 spiro atoms. The van der Waals surface area contributed by atoms with Crippen LogP contribution in [0.4, 0.5) is 4.79 Å². The second-order valence-corrected chi connectivity index (χ2v) is 4.91. The second-order valence-electron chi connectivity index (χ2n) is 4.91. The summed E-state index contributed by atoms with van der Waals surface area (Å²) in [5.41, 5.74) is 0. The van der Waals surface area contributed by atoms with E-state index in [0.717, 1.165) is 12.8 Å². The van der Waals surface area contributed by atoms with E-state index in [4.69, 9.17) is 5.11 Å². The summed E-state index contributed by atoms with van der Waals surface area (Å²) in [6, 6.07) is -0.367. The number of carbonyl (C=O) groups excluding carboxylic acids is 2. The van der Waals surface area contributed by atoms with Gasteiger partial charge in [0.15, 0.2) is 0 Å². The fourth-order valence-corrected chi connectivity index (χ4v) is 2.48. The summed E-state index contributed by atoms with van der Waals surface area (Å²) in [4.78, 5) is 35.5. The van der Waals surface area contributed by atoms with Crippen LogP contribution >= 0.6 is 0 Å². The molecule has 2 N–H and O–H groups in total. The van der Waals surface area contributed by atoms with Crippen LogP contribution in [-0.2, 0) is 14.3 Å². The molecular weight excluding hydrogens is 264 g/mol. The minimum Gasteiger partial charge on any atom is -0.481 e. The number of carboxylic acids is 1. The Hall–Kier alpha value is -1.79. The van der Waals surface area contributed by atoms with Crippen LogP contribution in [0.1, 0.15) is 26.2 Å². The van der Waals surface area contributed by atoms with E-state index in [1.165, 1.54) is 12.0 Å². The van der Waals surface area contributed by atoms with E-state index in [9.17, 15) is 14.4 Å². The number of nitrogens with zero attached hydrogens (tertiary/aromatic N) is 1. The third-order valence-corrected chi connectivity index (χ3v) is 3.71. The first-order valence-corrected chi connectivity index (χ1v) is 6.82. The number of esters is 1. The molecule has 2 atom stereocenters. The number of likely N-dealkylation sites (N-methyl/N-ethyl adjacent to an activating group) is 1. The van der Waals surface area contributed by atoms with Gasteiger partial charge < -0.3 is 20.1 Å². The van der Waals surface area contributed by atoms with Crippen LogP contribution in [0, 0.1) is 11.8 Å². The molecule has 0 saturated heterocycles. The Morgan fingerprint density at radius 1 is 1.35 bits per heavy atom. The standard InChI is InChI=1S/C13H22N2O5/c1-3-15(8-11(16)20-2)13(19)14-7-9-5-4-6-10(9)12(17)18/h9-10H,3-8H2,1-2H3,(H,14,19)(H,17,18). The summed E-state index contributed by atoms with van der Waals surface area (Å²) >= 11 is 0. The van der Waals surface area contributed by atoms with Crippen LogP contribution in [0.2, 0.25) is 0 Å². The number of aliphatic carboxylic acids is 1. The van der Waals surface area contributed by atoms with Gasteiger partial charge >= 0.3 is 18.0 Å². The van der Waals surface area contributed by atoms with Gasteiger partial charge in [0.25, 0.3) is 0 Å². The summed E-state index contributed by atoms with van der Waals surface area (Å²) in [7, 11) is 1.27. The second kappa shape index (κ2) is 7.72. The normalized spacial score (nSPS) is 21.3. The molecule has 2 unspecified atom stereocenters. The van der Waals surface area contributed by atoms with Crippen molar-refractivity contribution in [3.8, 4) is 0 Å². The molecular formula is C13H22N2O5. The molecule has 0 aromatic heterocycles. The predicted molar refractivity (Wildman–Crippen MR) is 71.1 cm³/mol. The van der Waals surface area contributed by atoms with Gasteiger partial charge in [0.1, 0.15) is 6.54 Å². The molecule has 1 rings (SSSR count). The third-order valence-electron chi connectivity index (χ3n) is 3.71. The summed E-state index contributed by atoms with van der Waals surface area (Å²) in [5.74, 6) is -1.70. The molecule has 0 heterocycles. The molecule has 114 valence electrons. The monoisotopic (exact) mass is 286 g/mol. The van der Waals surface area contributed by atoms with Gasteiger partial charge in [-0.05, 0) is 25.7 Å². The third kappa shape index (κ3) is 4.40. The van der Waals surface area contributed by atoms with Crippen molar-refractivity contribution >= 4 is 18.0 Å². The summed E-state index contributed by atoms with van der Waals surface area (Å²) in [6.07, 6.45) is 2.34. The van der Waals surface area contributed by atoms with Gasteiger partial charge in [0.05, 0.1) is 13.0 Å². The van der Waals surface area contributed by atoms with Gasteiger partial charge in [-0.2, -0.15) is 0 Å². The number of rotatable bonds is 6. The molecule has 2 amide bonds. The molecule has 1 aliphatic rings. The Kier molecular flexibility index (Phi) is 6.27. The number of urea groups is 1. The Morgan fingerprint density at radius 3 is 2.60 bits per heavy atom. The smallest absolute Gasteiger partial charge is 0.325 e. The highest BCUT2D eigenvalue weighted by Crippen LogP contribution is 2.31. The van der Waals surface area contributed by atoms with Crippen molar-refractivity contribution in [2.24, 2.45) is 11.8 Å². The number of ether oxygens (including phenoxy) is 1. The number of hydrogen-bond acceptors (Lipinski definition) is 4. The van der Waals surface area contributed by atoms with Gasteiger partial charge in [0, 0.05) is 13.1 Å². The predicted octanol–water partition coefficient (Wildman–Crippen LogP) is 0.692. The molecule has 0 radical (unpaired) electrons. The lowest BCUT2D eigenvalue weighted by atomic mass is 9.96. The highest BCUT2D eigenvalue weighted by Gasteiger charge is 2.33. The maximum atomic E-state index is 11.9. The van der Waals surface area contributed by atoms with Crippen LogP contribution in [-0.4, -0.2) is 54.7 Å². The lowest BCUT2D eigenvalue weighted by molar-refractivity contribution is -0.143. The van der Waals surface area contributed by atoms with Crippen molar-refractivity contribution in [1.29, 1.82) is 0 Å². The number of carboxylic acid groups (broad SMARTS) is 1. The zero-order chi connectivity index (χ0) is 15.1. The van der Waals surface area contributed by atoms with Crippen LogP contribution in [0.25, 0.3) is 0 Å². The topological polar surface area (TPSA) is 95.9 Å². The fourth-order valence-electron chi connectivity index (χ4n) is 2.48. The first-order chi connectivity index (χ1) is 9.49. The molecule has 1 aliphatic carbocycles. The maximum absolute atomic E-state index is 11.9. The van der Waals surface area contributed by atoms with E-state index in [0.29, 0.717) is 19.5 Å². The lowest BCUT2D eigenvalue weighted by Crippen LogP contribution is -2.45. The largest absolute Gasteiger partial charge is 0.481 e. The van der Waals surface area contributed by atoms with Crippen molar-refractivity contribution < 1.29 is 24.2 Å². The minimum atomic E-state index is -0.802. The van der Waals surface area contributed by atoms with E-state index in [1.807, 2.05) is 0 Å². The van der Waals surface area contributed by atoms with Crippen molar-refractivity contribution in [3.05, 3.63) is 0 Å². The molecule has 1 fully saturated rings. The van der Waals surface area contributed by atoms with Gasteiger partial charge in [0.2, 0.25) is 0 Å². The van der Waals surface area contributed by atoms with Crippen molar-refractivity contribution in [1.82, 2.24) is 10.2 Å². The highest BCUT2D eigenvalue weighted by molar-refractivity contribution is 5.81. The first kappa shape index (κ1) is 16.3. The first-order valence-electron chi connectivity index (χ1n) is 6.82. The number of methoxy groups -OCH3 is 1. The average molecular weight is 286 g/mol. The molecule has 20 heavy (non-hydrogen) atoms. The average Bonchev–Trinajstić information content (AvgIpc) is 2.90. The molecule has 0 bridgehead atoms. The van der Waals surface area contributed by atoms with E-state index < -0.39 is 11.9 Å². The number of nitrogens with one attached hydrogen (secondary N) is 1. The van der Waals surface area contributed by atoms with Crippen LogP contribution in [0.5, 0.6) is 0 Å². The minimum absolute atomic E-state index is 0.0340. The van der Waals surface area contributed by atoms with E-state index in [-0.39, 0.29) is 24.4 Å². The number of amides is 2. The molecule has 0 aromatic carbocycles. The Bertz CT molecular complexity index is 372. The SMILES string of the molecule is CCN(CC(=O)OC)C(=O)NCC1CCCC1C(=O)O. The zero-order valence-corrected chi connectivity index (χ0v) is 11.9. The number of hydrogen-bond donors (Lipinski definition) is 2. The summed E-state index contributed by atoms with van der Waals surface area (Å²) in [6.45, 7) is 2.37.